The molecule has 0 saturated heterocycles. The van der Waals surface area contributed by atoms with Crippen LogP contribution >= 0.6 is 0 Å². The van der Waals surface area contributed by atoms with Crippen LogP contribution in [0.3, 0.4) is 0 Å². The molecule has 1 aliphatic heterocycles. The van der Waals surface area contributed by atoms with Crippen molar-refractivity contribution >= 4 is 20.9 Å². The molecule has 0 spiro atoms. The highest BCUT2D eigenvalue weighted by Crippen LogP contribution is 2.43. The molecule has 1 aromatic carbocycles. The monoisotopic (exact) mass is 426 g/mol. The number of pyridine rings is 1. The van der Waals surface area contributed by atoms with Gasteiger partial charge >= 0.3 is 0 Å². The fourth-order valence-electron chi connectivity index (χ4n) is 4.57. The van der Waals surface area contributed by atoms with Gasteiger partial charge in [0.05, 0.1) is 5.75 Å². The van der Waals surface area contributed by atoms with Crippen LogP contribution in [0.2, 0.25) is 0 Å². The lowest BCUT2D eigenvalue weighted by Crippen LogP contribution is -2.24. The Morgan fingerprint density at radius 2 is 1.93 bits per heavy atom. The quantitative estimate of drug-likeness (QED) is 0.630. The molecule has 3 aromatic rings. The largest absolute Gasteiger partial charge is 0.440 e. The summed E-state index contributed by atoms with van der Waals surface area (Å²) in [6.07, 6.45) is 4.16. The second-order valence-corrected chi connectivity index (χ2v) is 11.9. The van der Waals surface area contributed by atoms with Crippen molar-refractivity contribution in [2.24, 2.45) is 5.41 Å². The molecule has 30 heavy (non-hydrogen) atoms. The van der Waals surface area contributed by atoms with Crippen LogP contribution in [-0.4, -0.2) is 24.2 Å². The fraction of sp³-hybridized carbons (Fsp3) is 0.478. The zero-order valence-electron chi connectivity index (χ0n) is 17.8. The van der Waals surface area contributed by atoms with E-state index in [-0.39, 0.29) is 16.7 Å². The first-order valence-electron chi connectivity index (χ1n) is 10.4. The maximum atomic E-state index is 12.8. The van der Waals surface area contributed by atoms with Crippen LogP contribution in [0.25, 0.3) is 22.2 Å². The Labute approximate surface area is 175 Å². The molecular formula is C23H26N2O4S. The molecule has 0 amide bonds. The van der Waals surface area contributed by atoms with Gasteiger partial charge in [-0.1, -0.05) is 13.8 Å². The van der Waals surface area contributed by atoms with Gasteiger partial charge in [-0.2, -0.15) is 0 Å². The van der Waals surface area contributed by atoms with E-state index in [1.165, 1.54) is 6.26 Å². The predicted molar refractivity (Wildman–Crippen MR) is 116 cm³/mol. The van der Waals surface area contributed by atoms with Crippen molar-refractivity contribution in [3.05, 3.63) is 51.3 Å². The van der Waals surface area contributed by atoms with Gasteiger partial charge in [0, 0.05) is 41.1 Å². The molecule has 0 bridgehead atoms. The summed E-state index contributed by atoms with van der Waals surface area (Å²) in [4.78, 5) is 17.6. The third-order valence-electron chi connectivity index (χ3n) is 6.03. The summed E-state index contributed by atoms with van der Waals surface area (Å²) in [5.74, 6) is 1.02. The fourth-order valence-corrected chi connectivity index (χ4v) is 5.34. The topological polar surface area (TPSA) is 82.2 Å². The number of sulfone groups is 1. The first-order valence-corrected chi connectivity index (χ1v) is 12.4. The Hall–Kier alpha value is -2.41. The number of oxazole rings is 1. The van der Waals surface area contributed by atoms with Crippen molar-refractivity contribution in [2.75, 3.05) is 6.26 Å². The van der Waals surface area contributed by atoms with Crippen molar-refractivity contribution in [1.29, 1.82) is 0 Å². The van der Waals surface area contributed by atoms with Gasteiger partial charge in [-0.15, -0.1) is 0 Å². The summed E-state index contributed by atoms with van der Waals surface area (Å²) in [5, 5.41) is 0. The smallest absolute Gasteiger partial charge is 0.253 e. The number of fused-ring (bicyclic) bond motifs is 2. The first-order chi connectivity index (χ1) is 14.0. The lowest BCUT2D eigenvalue weighted by Gasteiger charge is -2.14. The molecule has 2 aliphatic rings. The van der Waals surface area contributed by atoms with Gasteiger partial charge in [0.2, 0.25) is 0 Å². The average Bonchev–Trinajstić information content (AvgIpc) is 3.30. The van der Waals surface area contributed by atoms with Crippen molar-refractivity contribution in [1.82, 2.24) is 9.55 Å². The summed E-state index contributed by atoms with van der Waals surface area (Å²) >= 11 is 0. The van der Waals surface area contributed by atoms with E-state index in [4.69, 9.17) is 9.40 Å². The van der Waals surface area contributed by atoms with E-state index < -0.39 is 9.84 Å². The van der Waals surface area contributed by atoms with E-state index in [1.807, 2.05) is 23.6 Å². The molecule has 158 valence electrons. The Bertz CT molecular complexity index is 1360. The molecule has 5 rings (SSSR count). The van der Waals surface area contributed by atoms with Crippen LogP contribution in [-0.2, 0) is 28.6 Å². The van der Waals surface area contributed by atoms with Crippen LogP contribution in [0.5, 0.6) is 0 Å². The van der Waals surface area contributed by atoms with Crippen LogP contribution in [0, 0.1) is 12.3 Å². The number of rotatable bonds is 4. The van der Waals surface area contributed by atoms with E-state index in [1.54, 1.807) is 6.07 Å². The molecule has 1 fully saturated rings. The molecule has 1 aliphatic carbocycles. The summed E-state index contributed by atoms with van der Waals surface area (Å²) in [7, 11) is -3.20. The Morgan fingerprint density at radius 1 is 1.20 bits per heavy atom. The molecule has 0 atom stereocenters. The van der Waals surface area contributed by atoms with Crippen molar-refractivity contribution < 1.29 is 12.8 Å². The van der Waals surface area contributed by atoms with Gasteiger partial charge < -0.3 is 8.98 Å². The van der Waals surface area contributed by atoms with Gasteiger partial charge in [0.15, 0.2) is 21.3 Å². The Morgan fingerprint density at radius 3 is 2.60 bits per heavy atom. The minimum Gasteiger partial charge on any atom is -0.440 e. The highest BCUT2D eigenvalue weighted by molar-refractivity contribution is 7.89. The second kappa shape index (κ2) is 6.30. The van der Waals surface area contributed by atoms with E-state index in [0.717, 1.165) is 47.5 Å². The van der Waals surface area contributed by atoms with Gasteiger partial charge in [0.25, 0.3) is 5.56 Å². The van der Waals surface area contributed by atoms with Gasteiger partial charge in [-0.05, 0) is 55.4 Å². The summed E-state index contributed by atoms with van der Waals surface area (Å²) in [6, 6.07) is 5.64. The number of benzene rings is 1. The molecule has 7 heteroatoms. The van der Waals surface area contributed by atoms with Gasteiger partial charge in [-0.25, -0.2) is 13.4 Å². The van der Waals surface area contributed by atoms with Crippen molar-refractivity contribution in [2.45, 2.75) is 58.2 Å². The maximum absolute atomic E-state index is 12.8. The van der Waals surface area contributed by atoms with Crippen LogP contribution in [0.1, 0.15) is 55.3 Å². The maximum Gasteiger partial charge on any atom is 0.253 e. The minimum absolute atomic E-state index is 0.0127. The van der Waals surface area contributed by atoms with Gasteiger partial charge in [0.1, 0.15) is 5.52 Å². The number of nitrogens with zero attached hydrogens (tertiary/aromatic N) is 2. The van der Waals surface area contributed by atoms with Crippen LogP contribution < -0.4 is 5.56 Å². The SMILES string of the molecule is Cc1cc(-c2cc(CS(C)(=O)=O)cc3oc(C4CC4)nc23)c2n(c1=O)CC(C)(C)C2. The predicted octanol–water partition coefficient (Wildman–Crippen LogP) is 3.97. The van der Waals surface area contributed by atoms with Crippen LogP contribution in [0.15, 0.2) is 27.4 Å². The first kappa shape index (κ1) is 19.5. The highest BCUT2D eigenvalue weighted by Gasteiger charge is 2.34. The lowest BCUT2D eigenvalue weighted by atomic mass is 9.89. The highest BCUT2D eigenvalue weighted by atomic mass is 32.2. The summed E-state index contributed by atoms with van der Waals surface area (Å²) in [6.45, 7) is 6.83. The third-order valence-corrected chi connectivity index (χ3v) is 6.89. The minimum atomic E-state index is -3.20. The summed E-state index contributed by atoms with van der Waals surface area (Å²) in [5.41, 5.74) is 5.55. The van der Waals surface area contributed by atoms with E-state index in [2.05, 4.69) is 13.8 Å². The standard InChI is InChI=1S/C23H26N2O4S/c1-13-7-16(18-10-23(2,3)12-25(18)22(13)26)17-8-14(11-30(4,27)28)9-19-20(17)24-21(29-19)15-5-6-15/h7-9,15H,5-6,10-12H2,1-4H3. The Balaban J connectivity index is 1.79. The van der Waals surface area contributed by atoms with E-state index in [0.29, 0.717) is 29.2 Å². The van der Waals surface area contributed by atoms with Crippen LogP contribution in [0.4, 0.5) is 0 Å². The number of aromatic nitrogens is 2. The molecule has 0 radical (unpaired) electrons. The molecule has 2 aromatic heterocycles. The molecule has 3 heterocycles. The average molecular weight is 427 g/mol. The van der Waals surface area contributed by atoms with Gasteiger partial charge in [-0.3, -0.25) is 4.79 Å². The van der Waals surface area contributed by atoms with Crippen molar-refractivity contribution in [3.8, 4) is 11.1 Å². The second-order valence-electron chi connectivity index (χ2n) is 9.81. The lowest BCUT2D eigenvalue weighted by molar-refractivity contribution is 0.357. The molecular weight excluding hydrogens is 400 g/mol. The Kier molecular flexibility index (Phi) is 4.10. The molecule has 1 saturated carbocycles. The number of aryl methyl sites for hydroxylation is 1. The molecule has 0 unspecified atom stereocenters. The summed E-state index contributed by atoms with van der Waals surface area (Å²) < 4.78 is 31.9. The zero-order valence-corrected chi connectivity index (χ0v) is 18.6. The number of hydrogen-bond acceptors (Lipinski definition) is 5. The van der Waals surface area contributed by atoms with E-state index in [9.17, 15) is 13.2 Å². The number of hydrogen-bond donors (Lipinski definition) is 0. The third kappa shape index (κ3) is 3.39. The molecule has 0 N–H and O–H groups in total. The zero-order chi connectivity index (χ0) is 21.4. The van der Waals surface area contributed by atoms with Crippen molar-refractivity contribution in [3.63, 3.8) is 0 Å². The van der Waals surface area contributed by atoms with E-state index >= 15 is 0 Å². The molecule has 6 nitrogen and oxygen atoms in total. The normalized spacial score (nSPS) is 18.1.